The van der Waals surface area contributed by atoms with E-state index in [4.69, 9.17) is 11.6 Å². The van der Waals surface area contributed by atoms with Gasteiger partial charge in [0.1, 0.15) is 0 Å². The van der Waals surface area contributed by atoms with Crippen LogP contribution in [0.3, 0.4) is 0 Å². The highest BCUT2D eigenvalue weighted by Crippen LogP contribution is 2.38. The Bertz CT molecular complexity index is 1020. The first-order valence-electron chi connectivity index (χ1n) is 7.96. The predicted octanol–water partition coefficient (Wildman–Crippen LogP) is 6.22. The zero-order chi connectivity index (χ0) is 17.2. The fourth-order valence-electron chi connectivity index (χ4n) is 2.89. The van der Waals surface area contributed by atoms with Gasteiger partial charge in [0.2, 0.25) is 5.28 Å². The fraction of sp³-hybridized carbons (Fsp3) is 0.0476. The van der Waals surface area contributed by atoms with Crippen LogP contribution in [0.15, 0.2) is 83.1 Å². The van der Waals surface area contributed by atoms with Gasteiger partial charge in [-0.05, 0) is 40.9 Å². The second-order valence-electron chi connectivity index (χ2n) is 5.73. The molecule has 0 saturated heterocycles. The molecule has 3 aromatic rings. The molecule has 0 bridgehead atoms. The lowest BCUT2D eigenvalue weighted by Gasteiger charge is -2.13. The van der Waals surface area contributed by atoms with E-state index >= 15 is 0 Å². The fourth-order valence-corrected chi connectivity index (χ4v) is 4.02. The zero-order valence-corrected chi connectivity index (χ0v) is 15.0. The average molecular weight is 363 g/mol. The van der Waals surface area contributed by atoms with Gasteiger partial charge in [0.15, 0.2) is 0 Å². The molecule has 122 valence electrons. The molecule has 1 aliphatic rings. The van der Waals surface area contributed by atoms with E-state index in [9.17, 15) is 0 Å². The third-order valence-corrected chi connectivity index (χ3v) is 5.11. The molecule has 2 heterocycles. The maximum absolute atomic E-state index is 6.19. The van der Waals surface area contributed by atoms with Crippen molar-refractivity contribution in [1.82, 2.24) is 9.97 Å². The van der Waals surface area contributed by atoms with Crippen LogP contribution >= 0.6 is 23.4 Å². The zero-order valence-electron chi connectivity index (χ0n) is 13.4. The van der Waals surface area contributed by atoms with Crippen molar-refractivity contribution in [2.24, 2.45) is 0 Å². The lowest BCUT2D eigenvalue weighted by molar-refractivity contribution is 1.08. The minimum Gasteiger partial charge on any atom is -0.222 e. The number of hydrogen-bond donors (Lipinski definition) is 0. The van der Waals surface area contributed by atoms with Crippen LogP contribution in [0.5, 0.6) is 0 Å². The van der Waals surface area contributed by atoms with Crippen LogP contribution < -0.4 is 0 Å². The number of nitrogens with zero attached hydrogens (tertiary/aromatic N) is 2. The molecule has 0 spiro atoms. The third-order valence-electron chi connectivity index (χ3n) is 4.00. The van der Waals surface area contributed by atoms with Crippen molar-refractivity contribution in [3.63, 3.8) is 0 Å². The highest BCUT2D eigenvalue weighted by Gasteiger charge is 2.14. The number of thioether (sulfide) groups is 1. The average Bonchev–Trinajstić information content (AvgIpc) is 2.61. The summed E-state index contributed by atoms with van der Waals surface area (Å²) in [5.41, 5.74) is 4.07. The van der Waals surface area contributed by atoms with E-state index in [-0.39, 0.29) is 5.28 Å². The lowest BCUT2D eigenvalue weighted by atomic mass is 10.0. The molecule has 4 rings (SSSR count). The highest BCUT2D eigenvalue weighted by atomic mass is 35.5. The van der Waals surface area contributed by atoms with Crippen LogP contribution in [0.2, 0.25) is 5.28 Å². The van der Waals surface area contributed by atoms with Crippen LogP contribution in [-0.4, -0.2) is 9.97 Å². The van der Waals surface area contributed by atoms with E-state index in [0.29, 0.717) is 6.42 Å². The van der Waals surface area contributed by atoms with Crippen molar-refractivity contribution in [2.45, 2.75) is 11.3 Å². The standard InChI is InChI=1S/C21H15ClN2S/c1-14-8-4-2-7-11-17-20-18(24-21(22)23-17)12-16(13-19(20)25-14)15-9-5-3-6-10-15/h2-10,12-13H,1,11H2/b7-2-,8-4-. The van der Waals surface area contributed by atoms with Gasteiger partial charge in [-0.1, -0.05) is 66.9 Å². The molecule has 0 radical (unpaired) electrons. The van der Waals surface area contributed by atoms with E-state index in [1.165, 1.54) is 0 Å². The van der Waals surface area contributed by atoms with E-state index in [1.54, 1.807) is 11.8 Å². The minimum atomic E-state index is 0.281. The first kappa shape index (κ1) is 16.1. The Hall–Kier alpha value is -2.36. The Kier molecular flexibility index (Phi) is 4.43. The van der Waals surface area contributed by atoms with Crippen LogP contribution in [-0.2, 0) is 6.42 Å². The smallest absolute Gasteiger partial charge is 0.222 e. The summed E-state index contributed by atoms with van der Waals surface area (Å²) in [5, 5.41) is 1.33. The Morgan fingerprint density at radius 3 is 2.68 bits per heavy atom. The number of hydrogen-bond acceptors (Lipinski definition) is 3. The Morgan fingerprint density at radius 1 is 1.00 bits per heavy atom. The summed E-state index contributed by atoms with van der Waals surface area (Å²) in [7, 11) is 0. The molecule has 25 heavy (non-hydrogen) atoms. The van der Waals surface area contributed by atoms with E-state index in [2.05, 4.69) is 46.9 Å². The van der Waals surface area contributed by atoms with Crippen molar-refractivity contribution < 1.29 is 0 Å². The third kappa shape index (κ3) is 3.39. The molecule has 2 aromatic carbocycles. The Labute approximate surface area is 156 Å². The maximum Gasteiger partial charge on any atom is 0.223 e. The molecule has 0 unspecified atom stereocenters. The van der Waals surface area contributed by atoms with E-state index < -0.39 is 0 Å². The topological polar surface area (TPSA) is 25.8 Å². The normalized spacial score (nSPS) is 16.6. The summed E-state index contributed by atoms with van der Waals surface area (Å²) in [4.78, 5) is 11.0. The summed E-state index contributed by atoms with van der Waals surface area (Å²) >= 11 is 7.83. The van der Waals surface area contributed by atoms with Gasteiger partial charge >= 0.3 is 0 Å². The van der Waals surface area contributed by atoms with Crippen LogP contribution in [0.1, 0.15) is 5.69 Å². The van der Waals surface area contributed by atoms with Gasteiger partial charge in [-0.15, -0.1) is 0 Å². The molecule has 2 nitrogen and oxygen atoms in total. The molecular weight excluding hydrogens is 348 g/mol. The summed E-state index contributed by atoms with van der Waals surface area (Å²) in [6, 6.07) is 14.6. The lowest BCUT2D eigenvalue weighted by Crippen LogP contribution is -1.97. The molecule has 4 heteroatoms. The number of benzene rings is 2. The molecular formula is C21H15ClN2S. The molecule has 0 fully saturated rings. The van der Waals surface area contributed by atoms with Crippen molar-refractivity contribution in [3.05, 3.63) is 89.2 Å². The first-order valence-corrected chi connectivity index (χ1v) is 9.16. The Morgan fingerprint density at radius 2 is 1.84 bits per heavy atom. The molecule has 1 aliphatic heterocycles. The molecule has 1 aromatic heterocycles. The summed E-state index contributed by atoms with van der Waals surface area (Å²) in [6.45, 7) is 4.14. The van der Waals surface area contributed by atoms with Crippen molar-refractivity contribution in [1.29, 1.82) is 0 Å². The minimum absolute atomic E-state index is 0.281. The number of halogens is 1. The predicted molar refractivity (Wildman–Crippen MR) is 107 cm³/mol. The second-order valence-corrected chi connectivity index (χ2v) is 7.24. The van der Waals surface area contributed by atoms with Gasteiger partial charge in [0, 0.05) is 21.6 Å². The molecule has 0 aliphatic carbocycles. The van der Waals surface area contributed by atoms with E-state index in [1.807, 2.05) is 36.4 Å². The highest BCUT2D eigenvalue weighted by molar-refractivity contribution is 8.03. The quantitative estimate of drug-likeness (QED) is 0.480. The first-order chi connectivity index (χ1) is 12.2. The monoisotopic (exact) mass is 362 g/mol. The number of aromatic nitrogens is 2. The van der Waals surface area contributed by atoms with E-state index in [0.717, 1.165) is 37.5 Å². The number of allylic oxidation sites excluding steroid dienone is 4. The Balaban J connectivity index is 2.01. The second kappa shape index (κ2) is 6.87. The number of rotatable bonds is 1. The SMILES string of the molecule is C=C1/C=C\C=C/Cc2nc(Cl)nc3cc(-c4ccccc4)cc(c23)S1. The maximum atomic E-state index is 6.19. The van der Waals surface area contributed by atoms with Crippen LogP contribution in [0.4, 0.5) is 0 Å². The van der Waals surface area contributed by atoms with Gasteiger partial charge in [-0.25, -0.2) is 9.97 Å². The van der Waals surface area contributed by atoms with Gasteiger partial charge in [-0.3, -0.25) is 0 Å². The van der Waals surface area contributed by atoms with Crippen molar-refractivity contribution in [2.75, 3.05) is 0 Å². The van der Waals surface area contributed by atoms with Crippen LogP contribution in [0, 0.1) is 0 Å². The molecule has 0 N–H and O–H groups in total. The van der Waals surface area contributed by atoms with Gasteiger partial charge < -0.3 is 0 Å². The van der Waals surface area contributed by atoms with Gasteiger partial charge in [0.05, 0.1) is 11.2 Å². The van der Waals surface area contributed by atoms with Crippen molar-refractivity contribution >= 4 is 34.3 Å². The van der Waals surface area contributed by atoms with Crippen LogP contribution in [0.25, 0.3) is 22.0 Å². The molecule has 0 atom stereocenters. The summed E-state index contributed by atoms with van der Waals surface area (Å²) in [5.74, 6) is 0. The largest absolute Gasteiger partial charge is 0.223 e. The molecule has 0 saturated carbocycles. The molecule has 0 amide bonds. The van der Waals surface area contributed by atoms with Gasteiger partial charge in [-0.2, -0.15) is 0 Å². The van der Waals surface area contributed by atoms with Crippen molar-refractivity contribution in [3.8, 4) is 11.1 Å². The summed E-state index contributed by atoms with van der Waals surface area (Å²) < 4.78 is 0. The summed E-state index contributed by atoms with van der Waals surface area (Å²) in [6.07, 6.45) is 8.82. The van der Waals surface area contributed by atoms with Gasteiger partial charge in [0.25, 0.3) is 0 Å².